The van der Waals surface area contributed by atoms with E-state index in [9.17, 15) is 22.8 Å². The second kappa shape index (κ2) is 6.61. The van der Waals surface area contributed by atoms with Crippen LogP contribution in [0.5, 0.6) is 0 Å². The second-order valence-electron chi connectivity index (χ2n) is 4.69. The highest BCUT2D eigenvalue weighted by Crippen LogP contribution is 2.32. The summed E-state index contributed by atoms with van der Waals surface area (Å²) in [6.07, 6.45) is -4.00. The van der Waals surface area contributed by atoms with E-state index < -0.39 is 29.9 Å². The Morgan fingerprint density at radius 3 is 2.82 bits per heavy atom. The lowest BCUT2D eigenvalue weighted by Gasteiger charge is -2.17. The van der Waals surface area contributed by atoms with Crippen LogP contribution in [0, 0.1) is 0 Å². The van der Waals surface area contributed by atoms with Crippen LogP contribution in [-0.2, 0) is 11.0 Å². The Hall–Kier alpha value is -1.68. The predicted octanol–water partition coefficient (Wildman–Crippen LogP) is 1.75. The van der Waals surface area contributed by atoms with Crippen molar-refractivity contribution in [1.29, 1.82) is 0 Å². The number of nitrogens with one attached hydrogen (secondary N) is 2. The first kappa shape index (κ1) is 16.7. The van der Waals surface area contributed by atoms with Crippen LogP contribution in [0.1, 0.15) is 30.1 Å². The molecule has 122 valence electrons. The van der Waals surface area contributed by atoms with Crippen molar-refractivity contribution in [1.82, 2.24) is 20.5 Å². The lowest BCUT2D eigenvalue weighted by Crippen LogP contribution is -2.41. The maximum absolute atomic E-state index is 12.5. The summed E-state index contributed by atoms with van der Waals surface area (Å²) in [4.78, 5) is 27.9. The number of thiazole rings is 1. The summed E-state index contributed by atoms with van der Waals surface area (Å²) < 4.78 is 37.6. The summed E-state index contributed by atoms with van der Waals surface area (Å²) in [5, 5.41) is 6.59. The molecule has 3 amide bonds. The lowest BCUT2D eigenvalue weighted by atomic mass is 10.2. The maximum Gasteiger partial charge on any atom is 0.434 e. The first-order valence-corrected chi connectivity index (χ1v) is 7.55. The van der Waals surface area contributed by atoms with Crippen LogP contribution in [0.2, 0.25) is 0 Å². The van der Waals surface area contributed by atoms with Crippen LogP contribution in [-0.4, -0.2) is 41.5 Å². The minimum Gasteiger partial charge on any atom is -0.336 e. The molecule has 1 unspecified atom stereocenters. The molecule has 22 heavy (non-hydrogen) atoms. The number of alkyl halides is 3. The fourth-order valence-electron chi connectivity index (χ4n) is 2.00. The van der Waals surface area contributed by atoms with E-state index >= 15 is 0 Å². The molecule has 1 atom stereocenters. The van der Waals surface area contributed by atoms with Gasteiger partial charge in [0, 0.05) is 18.5 Å². The quantitative estimate of drug-likeness (QED) is 0.859. The van der Waals surface area contributed by atoms with E-state index in [-0.39, 0.29) is 11.6 Å². The number of nitrogens with zero attached hydrogens (tertiary/aromatic N) is 2. The zero-order valence-corrected chi connectivity index (χ0v) is 12.6. The molecule has 1 aliphatic heterocycles. The molecule has 0 aliphatic carbocycles. The molecule has 0 bridgehead atoms. The zero-order valence-electron chi connectivity index (χ0n) is 11.7. The molecule has 1 fully saturated rings. The minimum atomic E-state index is -4.48. The van der Waals surface area contributed by atoms with Crippen molar-refractivity contribution < 1.29 is 22.8 Å². The summed E-state index contributed by atoms with van der Waals surface area (Å²) >= 11 is 0.896. The molecule has 1 aromatic heterocycles. The van der Waals surface area contributed by atoms with Crippen molar-refractivity contribution in [3.63, 3.8) is 0 Å². The predicted molar refractivity (Wildman–Crippen MR) is 73.3 cm³/mol. The Bertz CT molecular complexity index is 561. The molecular formula is C12H15F3N4O2S. The van der Waals surface area contributed by atoms with Gasteiger partial charge in [0.1, 0.15) is 5.01 Å². The molecule has 2 N–H and O–H groups in total. The highest BCUT2D eigenvalue weighted by molar-refractivity contribution is 7.09. The van der Waals surface area contributed by atoms with E-state index in [0.717, 1.165) is 21.6 Å². The third-order valence-corrected chi connectivity index (χ3v) is 4.13. The van der Waals surface area contributed by atoms with Gasteiger partial charge in [-0.1, -0.05) is 6.92 Å². The van der Waals surface area contributed by atoms with Crippen molar-refractivity contribution >= 4 is 23.3 Å². The largest absolute Gasteiger partial charge is 0.434 e. The van der Waals surface area contributed by atoms with Crippen molar-refractivity contribution in [2.45, 2.75) is 25.6 Å². The minimum absolute atomic E-state index is 0.132. The Labute approximate surface area is 128 Å². The highest BCUT2D eigenvalue weighted by atomic mass is 32.1. The molecular weight excluding hydrogens is 321 g/mol. The molecule has 0 radical (unpaired) electrons. The van der Waals surface area contributed by atoms with Crippen LogP contribution < -0.4 is 10.6 Å². The molecule has 2 rings (SSSR count). The van der Waals surface area contributed by atoms with E-state index in [1.807, 2.05) is 0 Å². The highest BCUT2D eigenvalue weighted by Gasteiger charge is 2.34. The number of hydrogen-bond donors (Lipinski definition) is 2. The van der Waals surface area contributed by atoms with Crippen molar-refractivity contribution in [3.8, 4) is 0 Å². The standard InChI is InChI=1S/C12H15F3N4O2S/c1-2-7(10-18-8(6-22-10)12(13,14)15)17-5-9(20)19-4-3-16-11(19)21/h6-7,17H,2-5H2,1H3,(H,16,21). The first-order chi connectivity index (χ1) is 10.3. The van der Waals surface area contributed by atoms with Crippen LogP contribution >= 0.6 is 11.3 Å². The van der Waals surface area contributed by atoms with Gasteiger partial charge in [-0.3, -0.25) is 15.0 Å². The summed E-state index contributed by atoms with van der Waals surface area (Å²) in [6.45, 7) is 2.35. The third-order valence-electron chi connectivity index (χ3n) is 3.18. The van der Waals surface area contributed by atoms with Crippen LogP contribution in [0.4, 0.5) is 18.0 Å². The molecule has 2 heterocycles. The van der Waals surface area contributed by atoms with Crippen LogP contribution in [0.25, 0.3) is 0 Å². The summed E-state index contributed by atoms with van der Waals surface area (Å²) in [5.41, 5.74) is -0.932. The molecule has 1 saturated heterocycles. The Morgan fingerprint density at radius 1 is 1.59 bits per heavy atom. The number of imide groups is 1. The van der Waals surface area contributed by atoms with Gasteiger partial charge in [0.15, 0.2) is 5.69 Å². The smallest absolute Gasteiger partial charge is 0.336 e. The summed E-state index contributed by atoms with van der Waals surface area (Å²) in [5.74, 6) is -0.416. The Kier molecular flexibility index (Phi) is 5.01. The average molecular weight is 336 g/mol. The van der Waals surface area contributed by atoms with Gasteiger partial charge in [-0.15, -0.1) is 11.3 Å². The molecule has 0 spiro atoms. The number of halogens is 3. The zero-order chi connectivity index (χ0) is 16.3. The molecule has 1 aromatic rings. The third kappa shape index (κ3) is 3.74. The second-order valence-corrected chi connectivity index (χ2v) is 5.58. The number of urea groups is 1. The van der Waals surface area contributed by atoms with Gasteiger partial charge in [-0.2, -0.15) is 13.2 Å². The monoisotopic (exact) mass is 336 g/mol. The topological polar surface area (TPSA) is 74.3 Å². The summed E-state index contributed by atoms with van der Waals surface area (Å²) in [6, 6.07) is -0.913. The SMILES string of the molecule is CCC(NCC(=O)N1CCNC1=O)c1nc(C(F)(F)F)cs1. The number of amides is 3. The summed E-state index contributed by atoms with van der Waals surface area (Å²) in [7, 11) is 0. The van der Waals surface area contributed by atoms with Gasteiger partial charge < -0.3 is 5.32 Å². The normalized spacial score (nSPS) is 16.7. The van der Waals surface area contributed by atoms with E-state index in [2.05, 4.69) is 15.6 Å². The average Bonchev–Trinajstić information content (AvgIpc) is 3.07. The van der Waals surface area contributed by atoms with E-state index in [0.29, 0.717) is 19.5 Å². The fourth-order valence-corrected chi connectivity index (χ4v) is 2.98. The molecule has 1 aliphatic rings. The first-order valence-electron chi connectivity index (χ1n) is 6.67. The van der Waals surface area contributed by atoms with E-state index in [1.54, 1.807) is 6.92 Å². The number of hydrogen-bond acceptors (Lipinski definition) is 5. The van der Waals surface area contributed by atoms with Gasteiger partial charge in [-0.25, -0.2) is 9.78 Å². The maximum atomic E-state index is 12.5. The fraction of sp³-hybridized carbons (Fsp3) is 0.583. The van der Waals surface area contributed by atoms with E-state index in [1.165, 1.54) is 0 Å². The van der Waals surface area contributed by atoms with E-state index in [4.69, 9.17) is 0 Å². The van der Waals surface area contributed by atoms with Gasteiger partial charge >= 0.3 is 12.2 Å². The van der Waals surface area contributed by atoms with Gasteiger partial charge in [-0.05, 0) is 6.42 Å². The molecule has 0 saturated carbocycles. The van der Waals surface area contributed by atoms with Gasteiger partial charge in [0.05, 0.1) is 12.6 Å². The van der Waals surface area contributed by atoms with Crippen LogP contribution in [0.15, 0.2) is 5.38 Å². The molecule has 10 heteroatoms. The van der Waals surface area contributed by atoms with Gasteiger partial charge in [0.25, 0.3) is 0 Å². The Balaban J connectivity index is 1.96. The number of carbonyl (C=O) groups excluding carboxylic acids is 2. The number of rotatable bonds is 5. The number of carbonyl (C=O) groups is 2. The molecule has 6 nitrogen and oxygen atoms in total. The van der Waals surface area contributed by atoms with Crippen molar-refractivity contribution in [2.24, 2.45) is 0 Å². The molecule has 0 aromatic carbocycles. The lowest BCUT2D eigenvalue weighted by molar-refractivity contribution is -0.140. The van der Waals surface area contributed by atoms with Crippen molar-refractivity contribution in [3.05, 3.63) is 16.1 Å². The van der Waals surface area contributed by atoms with Crippen LogP contribution in [0.3, 0.4) is 0 Å². The van der Waals surface area contributed by atoms with Crippen molar-refractivity contribution in [2.75, 3.05) is 19.6 Å². The Morgan fingerprint density at radius 2 is 2.32 bits per heavy atom. The van der Waals surface area contributed by atoms with Gasteiger partial charge in [0.2, 0.25) is 5.91 Å². The number of aromatic nitrogens is 1.